The SMILES string of the molecule is CNC(=O)CC1(O)CCCN(Cc2noc(C3CCCCC3)n2)C1. The fourth-order valence-corrected chi connectivity index (χ4v) is 3.92. The van der Waals surface area contributed by atoms with Crippen LogP contribution in [0.4, 0.5) is 0 Å². The molecule has 7 nitrogen and oxygen atoms in total. The summed E-state index contributed by atoms with van der Waals surface area (Å²) in [5.74, 6) is 1.73. The Morgan fingerprint density at radius 1 is 1.38 bits per heavy atom. The van der Waals surface area contributed by atoms with E-state index in [-0.39, 0.29) is 12.3 Å². The lowest BCUT2D eigenvalue weighted by atomic mass is 9.89. The Kier molecular flexibility index (Phi) is 5.50. The molecule has 2 N–H and O–H groups in total. The summed E-state index contributed by atoms with van der Waals surface area (Å²) < 4.78 is 5.47. The van der Waals surface area contributed by atoms with Crippen molar-refractivity contribution in [2.75, 3.05) is 20.1 Å². The van der Waals surface area contributed by atoms with Gasteiger partial charge in [-0.25, -0.2) is 0 Å². The highest BCUT2D eigenvalue weighted by molar-refractivity contribution is 5.76. The minimum atomic E-state index is -0.964. The summed E-state index contributed by atoms with van der Waals surface area (Å²) in [6, 6.07) is 0. The van der Waals surface area contributed by atoms with Crippen molar-refractivity contribution >= 4 is 5.91 Å². The van der Waals surface area contributed by atoms with E-state index in [0.717, 1.165) is 31.7 Å². The van der Waals surface area contributed by atoms with Crippen molar-refractivity contribution in [3.8, 4) is 0 Å². The number of rotatable bonds is 5. The Bertz CT molecular complexity index is 556. The Hall–Kier alpha value is -1.47. The van der Waals surface area contributed by atoms with Crippen LogP contribution in [0.25, 0.3) is 0 Å². The molecule has 1 aromatic rings. The van der Waals surface area contributed by atoms with Gasteiger partial charge in [-0.2, -0.15) is 4.98 Å². The van der Waals surface area contributed by atoms with Crippen molar-refractivity contribution in [1.29, 1.82) is 0 Å². The number of likely N-dealkylation sites (tertiary alicyclic amines) is 1. The molecule has 1 aliphatic heterocycles. The summed E-state index contributed by atoms with van der Waals surface area (Å²) in [6.45, 7) is 1.91. The van der Waals surface area contributed by atoms with E-state index in [4.69, 9.17) is 4.52 Å². The molecule has 24 heavy (non-hydrogen) atoms. The quantitative estimate of drug-likeness (QED) is 0.848. The molecule has 1 aliphatic carbocycles. The van der Waals surface area contributed by atoms with E-state index in [2.05, 4.69) is 20.4 Å². The van der Waals surface area contributed by atoms with Crippen molar-refractivity contribution in [2.45, 2.75) is 69.4 Å². The van der Waals surface area contributed by atoms with Crippen LogP contribution in [0.15, 0.2) is 4.52 Å². The third kappa shape index (κ3) is 4.33. The average Bonchev–Trinajstić information content (AvgIpc) is 3.03. The van der Waals surface area contributed by atoms with Gasteiger partial charge in [-0.3, -0.25) is 9.69 Å². The minimum absolute atomic E-state index is 0.126. The lowest BCUT2D eigenvalue weighted by Crippen LogP contribution is -2.50. The number of carbonyl (C=O) groups excluding carboxylic acids is 1. The Labute approximate surface area is 142 Å². The number of β-amino-alcohol motifs (C(OH)–C–C–N with tert-alkyl or cyclic N) is 1. The van der Waals surface area contributed by atoms with Gasteiger partial charge < -0.3 is 14.9 Å². The number of hydrogen-bond donors (Lipinski definition) is 2. The number of hydrogen-bond acceptors (Lipinski definition) is 6. The van der Waals surface area contributed by atoms with E-state index < -0.39 is 5.60 Å². The third-order valence-electron chi connectivity index (χ3n) is 5.21. The van der Waals surface area contributed by atoms with Gasteiger partial charge >= 0.3 is 0 Å². The zero-order valence-electron chi connectivity index (χ0n) is 14.5. The van der Waals surface area contributed by atoms with Gasteiger partial charge in [0.25, 0.3) is 0 Å². The van der Waals surface area contributed by atoms with Gasteiger partial charge in [0.05, 0.1) is 18.6 Å². The lowest BCUT2D eigenvalue weighted by Gasteiger charge is -2.38. The summed E-state index contributed by atoms with van der Waals surface area (Å²) in [4.78, 5) is 18.3. The van der Waals surface area contributed by atoms with Crippen molar-refractivity contribution in [2.24, 2.45) is 0 Å². The van der Waals surface area contributed by atoms with Gasteiger partial charge in [-0.05, 0) is 32.2 Å². The molecule has 3 rings (SSSR count). The third-order valence-corrected chi connectivity index (χ3v) is 5.21. The summed E-state index contributed by atoms with van der Waals surface area (Å²) in [5.41, 5.74) is -0.964. The summed E-state index contributed by atoms with van der Waals surface area (Å²) in [6.07, 6.45) is 7.70. The molecule has 1 aromatic heterocycles. The second-order valence-electron chi connectivity index (χ2n) is 7.27. The smallest absolute Gasteiger partial charge is 0.229 e. The molecule has 0 spiro atoms. The molecular weight excluding hydrogens is 308 g/mol. The highest BCUT2D eigenvalue weighted by atomic mass is 16.5. The normalized spacial score (nSPS) is 26.4. The molecular formula is C17H28N4O3. The minimum Gasteiger partial charge on any atom is -0.388 e. The zero-order chi connectivity index (χ0) is 17.0. The molecule has 1 saturated heterocycles. The zero-order valence-corrected chi connectivity index (χ0v) is 14.5. The van der Waals surface area contributed by atoms with Gasteiger partial charge in [-0.1, -0.05) is 24.4 Å². The van der Waals surface area contributed by atoms with E-state index in [0.29, 0.717) is 31.3 Å². The fraction of sp³-hybridized carbons (Fsp3) is 0.824. The van der Waals surface area contributed by atoms with Crippen molar-refractivity contribution in [1.82, 2.24) is 20.4 Å². The molecule has 1 unspecified atom stereocenters. The molecule has 2 aliphatic rings. The van der Waals surface area contributed by atoms with Crippen molar-refractivity contribution in [3.63, 3.8) is 0 Å². The number of aliphatic hydroxyl groups is 1. The fourth-order valence-electron chi connectivity index (χ4n) is 3.92. The predicted octanol–water partition coefficient (Wildman–Crippen LogP) is 1.58. The van der Waals surface area contributed by atoms with E-state index in [1.807, 2.05) is 0 Å². The molecule has 7 heteroatoms. The van der Waals surface area contributed by atoms with Crippen LogP contribution in [0, 0.1) is 0 Å². The predicted molar refractivity (Wildman–Crippen MR) is 88.3 cm³/mol. The monoisotopic (exact) mass is 336 g/mol. The number of amides is 1. The maximum atomic E-state index is 11.6. The van der Waals surface area contributed by atoms with Gasteiger partial charge in [0.1, 0.15) is 0 Å². The standard InChI is InChI=1S/C17H28N4O3/c1-18-15(22)10-17(23)8-5-9-21(12-17)11-14-19-16(24-20-14)13-6-3-2-4-7-13/h13,23H,2-12H2,1H3,(H,18,22). The molecule has 0 aromatic carbocycles. The number of nitrogens with one attached hydrogen (secondary N) is 1. The second kappa shape index (κ2) is 7.61. The largest absolute Gasteiger partial charge is 0.388 e. The molecule has 0 bridgehead atoms. The van der Waals surface area contributed by atoms with Crippen LogP contribution in [-0.4, -0.2) is 51.8 Å². The van der Waals surface area contributed by atoms with E-state index in [1.165, 1.54) is 19.3 Å². The van der Waals surface area contributed by atoms with Crippen LogP contribution >= 0.6 is 0 Å². The van der Waals surface area contributed by atoms with Crippen molar-refractivity contribution < 1.29 is 14.4 Å². The Morgan fingerprint density at radius 3 is 2.92 bits per heavy atom. The van der Waals surface area contributed by atoms with Crippen LogP contribution in [0.1, 0.15) is 69.0 Å². The van der Waals surface area contributed by atoms with E-state index in [9.17, 15) is 9.90 Å². The first-order chi connectivity index (χ1) is 11.6. The molecule has 1 saturated carbocycles. The van der Waals surface area contributed by atoms with Gasteiger partial charge in [0.2, 0.25) is 11.8 Å². The van der Waals surface area contributed by atoms with Crippen LogP contribution in [0.5, 0.6) is 0 Å². The van der Waals surface area contributed by atoms with E-state index >= 15 is 0 Å². The summed E-state index contributed by atoms with van der Waals surface area (Å²) in [5, 5.41) is 17.4. The Balaban J connectivity index is 1.57. The van der Waals surface area contributed by atoms with Crippen LogP contribution < -0.4 is 5.32 Å². The highest BCUT2D eigenvalue weighted by Gasteiger charge is 2.35. The first-order valence-electron chi connectivity index (χ1n) is 9.06. The highest BCUT2D eigenvalue weighted by Crippen LogP contribution is 2.32. The molecule has 0 radical (unpaired) electrons. The van der Waals surface area contributed by atoms with Crippen molar-refractivity contribution in [3.05, 3.63) is 11.7 Å². The molecule has 134 valence electrons. The van der Waals surface area contributed by atoms with Crippen LogP contribution in [0.3, 0.4) is 0 Å². The molecule has 2 fully saturated rings. The number of carbonyl (C=O) groups is 1. The lowest BCUT2D eigenvalue weighted by molar-refractivity contribution is -0.128. The van der Waals surface area contributed by atoms with Gasteiger partial charge in [0.15, 0.2) is 5.82 Å². The number of nitrogens with zero attached hydrogens (tertiary/aromatic N) is 3. The topological polar surface area (TPSA) is 91.5 Å². The first-order valence-corrected chi connectivity index (χ1v) is 9.06. The molecule has 1 atom stereocenters. The summed E-state index contributed by atoms with van der Waals surface area (Å²) >= 11 is 0. The molecule has 1 amide bonds. The summed E-state index contributed by atoms with van der Waals surface area (Å²) in [7, 11) is 1.60. The maximum Gasteiger partial charge on any atom is 0.229 e. The number of aromatic nitrogens is 2. The van der Waals surface area contributed by atoms with Crippen LogP contribution in [-0.2, 0) is 11.3 Å². The first kappa shape index (κ1) is 17.4. The molecule has 2 heterocycles. The number of piperidine rings is 1. The van der Waals surface area contributed by atoms with Crippen LogP contribution in [0.2, 0.25) is 0 Å². The van der Waals surface area contributed by atoms with E-state index in [1.54, 1.807) is 7.05 Å². The average molecular weight is 336 g/mol. The maximum absolute atomic E-state index is 11.6. The van der Waals surface area contributed by atoms with Gasteiger partial charge in [-0.15, -0.1) is 0 Å². The Morgan fingerprint density at radius 2 is 2.17 bits per heavy atom. The second-order valence-corrected chi connectivity index (χ2v) is 7.27. The van der Waals surface area contributed by atoms with Gasteiger partial charge in [0, 0.05) is 19.5 Å².